The Hall–Kier alpha value is -3.10. The standard InChI is InChI=1S/C21H22F4N2O3/c1-4-7-27(11-12(2)30-13(3)28)19-8-14(5-6-16(19)22)21(29)26-15-9-17(23)20(25)18(24)10-15/h5-6,8-10,12H,4,7,11H2,1-3H3,(H,26,29)/t12-/m1/s1. The van der Waals surface area contributed by atoms with Gasteiger partial charge in [0.05, 0.1) is 12.2 Å². The number of benzene rings is 2. The quantitative estimate of drug-likeness (QED) is 0.379. The molecule has 0 unspecified atom stereocenters. The second-order valence-electron chi connectivity index (χ2n) is 6.74. The second-order valence-corrected chi connectivity index (χ2v) is 6.74. The molecule has 2 aromatic carbocycles. The first kappa shape index (κ1) is 23.2. The summed E-state index contributed by atoms with van der Waals surface area (Å²) in [6.45, 7) is 5.45. The number of ether oxygens (including phenoxy) is 1. The summed E-state index contributed by atoms with van der Waals surface area (Å²) in [7, 11) is 0. The van der Waals surface area contributed by atoms with Gasteiger partial charge in [-0.3, -0.25) is 9.59 Å². The zero-order chi connectivity index (χ0) is 22.4. The fourth-order valence-electron chi connectivity index (χ4n) is 2.94. The maximum Gasteiger partial charge on any atom is 0.302 e. The Labute approximate surface area is 171 Å². The van der Waals surface area contributed by atoms with E-state index in [-0.39, 0.29) is 23.5 Å². The minimum absolute atomic E-state index is 0.0257. The van der Waals surface area contributed by atoms with Crippen molar-refractivity contribution in [3.8, 4) is 0 Å². The summed E-state index contributed by atoms with van der Waals surface area (Å²) in [5.41, 5.74) is -0.145. The maximum atomic E-state index is 14.5. The molecule has 1 amide bonds. The monoisotopic (exact) mass is 426 g/mol. The number of rotatable bonds is 8. The van der Waals surface area contributed by atoms with Crippen LogP contribution in [0.15, 0.2) is 30.3 Å². The number of carbonyl (C=O) groups is 2. The second kappa shape index (κ2) is 10.1. The van der Waals surface area contributed by atoms with Crippen LogP contribution in [0.2, 0.25) is 0 Å². The van der Waals surface area contributed by atoms with Gasteiger partial charge in [-0.15, -0.1) is 0 Å². The molecule has 5 nitrogen and oxygen atoms in total. The Kier molecular flexibility index (Phi) is 7.79. The van der Waals surface area contributed by atoms with Crippen molar-refractivity contribution in [3.05, 3.63) is 59.2 Å². The largest absolute Gasteiger partial charge is 0.461 e. The van der Waals surface area contributed by atoms with Crippen molar-refractivity contribution in [2.75, 3.05) is 23.3 Å². The van der Waals surface area contributed by atoms with Crippen LogP contribution in [0.3, 0.4) is 0 Å². The number of hydrogen-bond acceptors (Lipinski definition) is 4. The van der Waals surface area contributed by atoms with Crippen LogP contribution in [-0.2, 0) is 9.53 Å². The fourth-order valence-corrected chi connectivity index (χ4v) is 2.94. The summed E-state index contributed by atoms with van der Waals surface area (Å²) >= 11 is 0. The van der Waals surface area contributed by atoms with Gasteiger partial charge in [0, 0.05) is 36.9 Å². The van der Waals surface area contributed by atoms with Crippen molar-refractivity contribution >= 4 is 23.3 Å². The highest BCUT2D eigenvalue weighted by Gasteiger charge is 2.19. The van der Waals surface area contributed by atoms with E-state index in [9.17, 15) is 27.2 Å². The number of halogens is 4. The summed E-state index contributed by atoms with van der Waals surface area (Å²) in [6, 6.07) is 4.88. The highest BCUT2D eigenvalue weighted by Crippen LogP contribution is 2.24. The number of anilines is 2. The molecule has 1 atom stereocenters. The van der Waals surface area contributed by atoms with Crippen LogP contribution in [0, 0.1) is 23.3 Å². The van der Waals surface area contributed by atoms with Crippen molar-refractivity contribution in [3.63, 3.8) is 0 Å². The van der Waals surface area contributed by atoms with Crippen LogP contribution in [-0.4, -0.2) is 31.1 Å². The van der Waals surface area contributed by atoms with Gasteiger partial charge in [0.1, 0.15) is 11.9 Å². The molecular formula is C21H22F4N2O3. The summed E-state index contributed by atoms with van der Waals surface area (Å²) in [6.07, 6.45) is 0.146. The van der Waals surface area contributed by atoms with E-state index < -0.39 is 41.2 Å². The van der Waals surface area contributed by atoms with E-state index in [0.29, 0.717) is 25.1 Å². The van der Waals surface area contributed by atoms with Crippen LogP contribution < -0.4 is 10.2 Å². The van der Waals surface area contributed by atoms with Crippen LogP contribution >= 0.6 is 0 Å². The Morgan fingerprint density at radius 1 is 1.07 bits per heavy atom. The van der Waals surface area contributed by atoms with Crippen LogP contribution in [0.1, 0.15) is 37.6 Å². The molecule has 0 aliphatic rings. The summed E-state index contributed by atoms with van der Waals surface area (Å²) in [5, 5.41) is 2.26. The van der Waals surface area contributed by atoms with Crippen LogP contribution in [0.25, 0.3) is 0 Å². The first-order chi connectivity index (χ1) is 14.1. The Morgan fingerprint density at radius 2 is 1.70 bits per heavy atom. The lowest BCUT2D eigenvalue weighted by Gasteiger charge is -2.28. The molecule has 2 rings (SSSR count). The number of amides is 1. The van der Waals surface area contributed by atoms with E-state index in [0.717, 1.165) is 6.07 Å². The molecule has 30 heavy (non-hydrogen) atoms. The lowest BCUT2D eigenvalue weighted by molar-refractivity contribution is -0.145. The molecule has 0 aliphatic heterocycles. The van der Waals surface area contributed by atoms with E-state index >= 15 is 0 Å². The molecular weight excluding hydrogens is 404 g/mol. The molecule has 9 heteroatoms. The molecule has 1 N–H and O–H groups in total. The molecule has 0 heterocycles. The van der Waals surface area contributed by atoms with Gasteiger partial charge in [-0.2, -0.15) is 0 Å². The third-order valence-corrected chi connectivity index (χ3v) is 4.13. The fraction of sp³-hybridized carbons (Fsp3) is 0.333. The van der Waals surface area contributed by atoms with E-state index in [1.807, 2.05) is 6.92 Å². The normalized spacial score (nSPS) is 11.7. The van der Waals surface area contributed by atoms with Gasteiger partial charge >= 0.3 is 5.97 Å². The topological polar surface area (TPSA) is 58.6 Å². The van der Waals surface area contributed by atoms with E-state index in [4.69, 9.17) is 4.74 Å². The maximum absolute atomic E-state index is 14.5. The minimum Gasteiger partial charge on any atom is -0.461 e. The van der Waals surface area contributed by atoms with Crippen molar-refractivity contribution in [2.24, 2.45) is 0 Å². The summed E-state index contributed by atoms with van der Waals surface area (Å²) in [4.78, 5) is 25.2. The highest BCUT2D eigenvalue weighted by molar-refractivity contribution is 6.04. The van der Waals surface area contributed by atoms with Crippen LogP contribution in [0.5, 0.6) is 0 Å². The van der Waals surface area contributed by atoms with Gasteiger partial charge < -0.3 is 15.0 Å². The van der Waals surface area contributed by atoms with Crippen molar-refractivity contribution in [1.82, 2.24) is 0 Å². The van der Waals surface area contributed by atoms with Crippen molar-refractivity contribution in [2.45, 2.75) is 33.3 Å². The predicted molar refractivity (Wildman–Crippen MR) is 104 cm³/mol. The molecule has 0 aliphatic carbocycles. The molecule has 0 aromatic heterocycles. The highest BCUT2D eigenvalue weighted by atomic mass is 19.2. The van der Waals surface area contributed by atoms with Crippen molar-refractivity contribution < 1.29 is 31.9 Å². The predicted octanol–water partition coefficient (Wildman–Crippen LogP) is 4.66. The zero-order valence-corrected chi connectivity index (χ0v) is 16.8. The molecule has 2 aromatic rings. The SMILES string of the molecule is CCCN(C[C@@H](C)OC(C)=O)c1cc(C(=O)Nc2cc(F)c(F)c(F)c2)ccc1F. The summed E-state index contributed by atoms with van der Waals surface area (Å²) < 4.78 is 59.3. The molecule has 0 bridgehead atoms. The molecule has 0 saturated heterocycles. The van der Waals surface area contributed by atoms with Crippen LogP contribution in [0.4, 0.5) is 28.9 Å². The average molecular weight is 426 g/mol. The number of hydrogen-bond donors (Lipinski definition) is 1. The zero-order valence-electron chi connectivity index (χ0n) is 16.8. The lowest BCUT2D eigenvalue weighted by atomic mass is 10.1. The smallest absolute Gasteiger partial charge is 0.302 e. The number of esters is 1. The third-order valence-electron chi connectivity index (χ3n) is 4.13. The van der Waals surface area contributed by atoms with E-state index in [2.05, 4.69) is 5.32 Å². The van der Waals surface area contributed by atoms with Crippen molar-refractivity contribution in [1.29, 1.82) is 0 Å². The van der Waals surface area contributed by atoms with Gasteiger partial charge in [-0.05, 0) is 31.5 Å². The van der Waals surface area contributed by atoms with Gasteiger partial charge in [-0.25, -0.2) is 17.6 Å². The Balaban J connectivity index is 2.27. The number of nitrogens with one attached hydrogen (secondary N) is 1. The van der Waals surface area contributed by atoms with Gasteiger partial charge in [0.15, 0.2) is 17.5 Å². The Bertz CT molecular complexity index is 913. The lowest BCUT2D eigenvalue weighted by Crippen LogP contribution is -2.34. The summed E-state index contributed by atoms with van der Waals surface area (Å²) in [5.74, 6) is -6.35. The molecule has 0 fully saturated rings. The molecule has 0 saturated carbocycles. The molecule has 0 radical (unpaired) electrons. The number of carbonyl (C=O) groups excluding carboxylic acids is 2. The molecule has 0 spiro atoms. The Morgan fingerprint density at radius 3 is 2.27 bits per heavy atom. The first-order valence-electron chi connectivity index (χ1n) is 9.30. The van der Waals surface area contributed by atoms with E-state index in [1.54, 1.807) is 11.8 Å². The first-order valence-corrected chi connectivity index (χ1v) is 9.30. The van der Waals surface area contributed by atoms with Gasteiger partial charge in [0.2, 0.25) is 0 Å². The number of nitrogens with zero attached hydrogens (tertiary/aromatic N) is 1. The van der Waals surface area contributed by atoms with E-state index in [1.165, 1.54) is 19.1 Å². The van der Waals surface area contributed by atoms with Gasteiger partial charge in [-0.1, -0.05) is 6.92 Å². The average Bonchev–Trinajstić information content (AvgIpc) is 2.65. The minimum atomic E-state index is -1.64. The third kappa shape index (κ3) is 5.95. The molecule has 162 valence electrons. The van der Waals surface area contributed by atoms with Gasteiger partial charge in [0.25, 0.3) is 5.91 Å².